The van der Waals surface area contributed by atoms with E-state index < -0.39 is 10.0 Å². The molecule has 0 aliphatic carbocycles. The molecule has 0 radical (unpaired) electrons. The lowest BCUT2D eigenvalue weighted by Crippen LogP contribution is -2.13. The summed E-state index contributed by atoms with van der Waals surface area (Å²) in [6, 6.07) is 14.6. The first-order valence-corrected chi connectivity index (χ1v) is 7.41. The Balaban J connectivity index is 2.24. The third kappa shape index (κ3) is 3.58. The third-order valence-corrected chi connectivity index (χ3v) is 3.89. The van der Waals surface area contributed by atoms with Gasteiger partial charge in [-0.3, -0.25) is 9.52 Å². The second-order valence-corrected chi connectivity index (χ2v) is 5.86. The van der Waals surface area contributed by atoms with Gasteiger partial charge in [0.15, 0.2) is 0 Å². The van der Waals surface area contributed by atoms with E-state index in [4.69, 9.17) is 0 Å². The minimum absolute atomic E-state index is 0.185. The Morgan fingerprint density at radius 3 is 2.25 bits per heavy atom. The number of anilines is 2. The van der Waals surface area contributed by atoms with Crippen molar-refractivity contribution in [1.29, 1.82) is 0 Å². The predicted molar refractivity (Wildman–Crippen MR) is 78.0 cm³/mol. The average Bonchev–Trinajstić information content (AvgIpc) is 2.39. The second kappa shape index (κ2) is 5.75. The fourth-order valence-electron chi connectivity index (χ4n) is 1.68. The van der Waals surface area contributed by atoms with Crippen LogP contribution in [0, 0.1) is 0 Å². The fourth-order valence-corrected chi connectivity index (χ4v) is 2.75. The Bertz CT molecular complexity index is 712. The zero-order valence-corrected chi connectivity index (χ0v) is 11.6. The number of hydrogen-bond donors (Lipinski definition) is 2. The molecule has 20 heavy (non-hydrogen) atoms. The van der Waals surface area contributed by atoms with Gasteiger partial charge in [-0.2, -0.15) is 0 Å². The van der Waals surface area contributed by atoms with Crippen LogP contribution in [0.15, 0.2) is 59.5 Å². The molecule has 0 bridgehead atoms. The van der Waals surface area contributed by atoms with Gasteiger partial charge in [0.05, 0.1) is 10.6 Å². The van der Waals surface area contributed by atoms with Gasteiger partial charge >= 0.3 is 0 Å². The first-order chi connectivity index (χ1) is 9.47. The van der Waals surface area contributed by atoms with Gasteiger partial charge in [-0.15, -0.1) is 0 Å². The first kappa shape index (κ1) is 14.1. The standard InChI is InChI=1S/C14H14N2O3S/c1-11(17)15-12-6-5-7-13(10-12)16-20(18,19)14-8-3-2-4-9-14/h2-10,16H,1H3,(H,15,17). The van der Waals surface area contributed by atoms with Crippen LogP contribution in [0.2, 0.25) is 0 Å². The molecule has 104 valence electrons. The molecule has 0 heterocycles. The number of hydrogen-bond acceptors (Lipinski definition) is 3. The van der Waals surface area contributed by atoms with E-state index in [0.29, 0.717) is 11.4 Å². The lowest BCUT2D eigenvalue weighted by molar-refractivity contribution is -0.114. The smallest absolute Gasteiger partial charge is 0.261 e. The molecule has 5 nitrogen and oxygen atoms in total. The molecule has 0 aromatic heterocycles. The van der Waals surface area contributed by atoms with E-state index >= 15 is 0 Å². The molecule has 0 saturated carbocycles. The summed E-state index contributed by atoms with van der Waals surface area (Å²) in [6.45, 7) is 1.39. The van der Waals surface area contributed by atoms with Crippen molar-refractivity contribution in [2.75, 3.05) is 10.0 Å². The summed E-state index contributed by atoms with van der Waals surface area (Å²) in [5, 5.41) is 2.60. The molecule has 0 aliphatic heterocycles. The predicted octanol–water partition coefficient (Wildman–Crippen LogP) is 2.45. The fraction of sp³-hybridized carbons (Fsp3) is 0.0714. The average molecular weight is 290 g/mol. The van der Waals surface area contributed by atoms with Crippen molar-refractivity contribution in [2.24, 2.45) is 0 Å². The molecule has 6 heteroatoms. The lowest BCUT2D eigenvalue weighted by atomic mass is 10.3. The molecule has 0 aliphatic rings. The van der Waals surface area contributed by atoms with Gasteiger partial charge in [-0.05, 0) is 30.3 Å². The van der Waals surface area contributed by atoms with Crippen molar-refractivity contribution in [2.45, 2.75) is 11.8 Å². The van der Waals surface area contributed by atoms with Crippen LogP contribution in [0.5, 0.6) is 0 Å². The largest absolute Gasteiger partial charge is 0.326 e. The molecule has 0 spiro atoms. The van der Waals surface area contributed by atoms with Crippen molar-refractivity contribution < 1.29 is 13.2 Å². The maximum absolute atomic E-state index is 12.1. The van der Waals surface area contributed by atoms with Gasteiger partial charge in [0.2, 0.25) is 5.91 Å². The van der Waals surface area contributed by atoms with Gasteiger partial charge in [0, 0.05) is 12.6 Å². The van der Waals surface area contributed by atoms with Crippen LogP contribution >= 0.6 is 0 Å². The normalized spacial score (nSPS) is 10.8. The van der Waals surface area contributed by atoms with Gasteiger partial charge in [-0.25, -0.2) is 8.42 Å². The van der Waals surface area contributed by atoms with Gasteiger partial charge < -0.3 is 5.32 Å². The first-order valence-electron chi connectivity index (χ1n) is 5.93. The van der Waals surface area contributed by atoms with Crippen molar-refractivity contribution in [1.82, 2.24) is 0 Å². The molecular formula is C14H14N2O3S. The maximum atomic E-state index is 12.1. The molecule has 0 unspecified atom stereocenters. The van der Waals surface area contributed by atoms with Crippen molar-refractivity contribution in [3.63, 3.8) is 0 Å². The minimum atomic E-state index is -3.62. The summed E-state index contributed by atoms with van der Waals surface area (Å²) in [5.74, 6) is -0.215. The summed E-state index contributed by atoms with van der Waals surface area (Å²) >= 11 is 0. The second-order valence-electron chi connectivity index (χ2n) is 4.18. The Kier molecular flexibility index (Phi) is 4.05. The topological polar surface area (TPSA) is 75.3 Å². The number of nitrogens with one attached hydrogen (secondary N) is 2. The van der Waals surface area contributed by atoms with Gasteiger partial charge in [0.25, 0.3) is 10.0 Å². The number of sulfonamides is 1. The molecule has 2 aromatic carbocycles. The Hall–Kier alpha value is -2.34. The molecule has 2 N–H and O–H groups in total. The highest BCUT2D eigenvalue weighted by atomic mass is 32.2. The molecule has 0 atom stereocenters. The summed E-state index contributed by atoms with van der Waals surface area (Å²) in [4.78, 5) is 11.2. The summed E-state index contributed by atoms with van der Waals surface area (Å²) < 4.78 is 26.7. The Labute approximate surface area is 117 Å². The van der Waals surface area contributed by atoms with Crippen LogP contribution in [-0.2, 0) is 14.8 Å². The number of rotatable bonds is 4. The van der Waals surface area contributed by atoms with Gasteiger partial charge in [-0.1, -0.05) is 24.3 Å². The number of benzene rings is 2. The summed E-state index contributed by atoms with van der Waals surface area (Å²) in [7, 11) is -3.62. The van der Waals surface area contributed by atoms with E-state index in [2.05, 4.69) is 10.0 Å². The van der Waals surface area contributed by atoms with Crippen LogP contribution in [0.1, 0.15) is 6.92 Å². The van der Waals surface area contributed by atoms with E-state index in [0.717, 1.165) is 0 Å². The lowest BCUT2D eigenvalue weighted by Gasteiger charge is -2.09. The summed E-state index contributed by atoms with van der Waals surface area (Å²) in [5.41, 5.74) is 0.922. The van der Waals surface area contributed by atoms with E-state index in [1.807, 2.05) is 0 Å². The SMILES string of the molecule is CC(=O)Nc1cccc(NS(=O)(=O)c2ccccc2)c1. The van der Waals surface area contributed by atoms with Crippen molar-refractivity contribution in [3.8, 4) is 0 Å². The maximum Gasteiger partial charge on any atom is 0.261 e. The Morgan fingerprint density at radius 1 is 0.950 bits per heavy atom. The minimum Gasteiger partial charge on any atom is -0.326 e. The third-order valence-electron chi connectivity index (χ3n) is 2.49. The van der Waals surface area contributed by atoms with Crippen LogP contribution in [-0.4, -0.2) is 14.3 Å². The van der Waals surface area contributed by atoms with Crippen molar-refractivity contribution in [3.05, 3.63) is 54.6 Å². The quantitative estimate of drug-likeness (QED) is 0.908. The number of amides is 1. The number of carbonyl (C=O) groups excluding carboxylic acids is 1. The molecule has 0 saturated heterocycles. The van der Waals surface area contributed by atoms with E-state index in [-0.39, 0.29) is 10.8 Å². The molecule has 2 aromatic rings. The van der Waals surface area contributed by atoms with Crippen molar-refractivity contribution >= 4 is 27.3 Å². The van der Waals surface area contributed by atoms with E-state index in [1.165, 1.54) is 19.1 Å². The van der Waals surface area contributed by atoms with E-state index in [1.54, 1.807) is 42.5 Å². The molecule has 0 fully saturated rings. The molecule has 1 amide bonds. The van der Waals surface area contributed by atoms with Gasteiger partial charge in [0.1, 0.15) is 0 Å². The van der Waals surface area contributed by atoms with Crippen LogP contribution in [0.4, 0.5) is 11.4 Å². The highest BCUT2D eigenvalue weighted by molar-refractivity contribution is 7.92. The molecular weight excluding hydrogens is 276 g/mol. The highest BCUT2D eigenvalue weighted by Gasteiger charge is 2.13. The monoisotopic (exact) mass is 290 g/mol. The highest BCUT2D eigenvalue weighted by Crippen LogP contribution is 2.19. The van der Waals surface area contributed by atoms with Crippen LogP contribution in [0.25, 0.3) is 0 Å². The van der Waals surface area contributed by atoms with Crippen LogP contribution in [0.3, 0.4) is 0 Å². The molecule has 2 rings (SSSR count). The Morgan fingerprint density at radius 2 is 1.60 bits per heavy atom. The zero-order valence-electron chi connectivity index (χ0n) is 10.8. The van der Waals surface area contributed by atoms with E-state index in [9.17, 15) is 13.2 Å². The summed E-state index contributed by atoms with van der Waals surface area (Å²) in [6.07, 6.45) is 0. The van der Waals surface area contributed by atoms with Crippen LogP contribution < -0.4 is 10.0 Å². The zero-order chi connectivity index (χ0) is 14.6. The number of carbonyl (C=O) groups is 1.